The Hall–Kier alpha value is -1.49. The molecule has 1 amide bonds. The van der Waals surface area contributed by atoms with Crippen molar-refractivity contribution in [1.29, 1.82) is 0 Å². The predicted molar refractivity (Wildman–Crippen MR) is 66.4 cm³/mol. The maximum Gasteiger partial charge on any atom is 0.225 e. The molecule has 0 heterocycles. The number of aliphatic hydroxyl groups excluding tert-OH is 1. The first kappa shape index (κ1) is 13.9. The standard InChI is InChI=1S/C14H17F2NO2/c15-10-4-5-12(16)9(8-10)6-7-17-14(19)11-2-1-3-13(11)18/h4-5,8,11,13,18H,1-3,6-7H2,(H,17,19). The number of aliphatic hydroxyl groups is 1. The van der Waals surface area contributed by atoms with Gasteiger partial charge in [0, 0.05) is 6.54 Å². The molecule has 0 aliphatic heterocycles. The van der Waals surface area contributed by atoms with Crippen LogP contribution in [0.1, 0.15) is 24.8 Å². The Kier molecular flexibility index (Phi) is 4.47. The lowest BCUT2D eigenvalue weighted by atomic mass is 10.1. The minimum atomic E-state index is -0.578. The average molecular weight is 269 g/mol. The lowest BCUT2D eigenvalue weighted by molar-refractivity contribution is -0.127. The second-order valence-corrected chi connectivity index (χ2v) is 4.88. The summed E-state index contributed by atoms with van der Waals surface area (Å²) in [4.78, 5) is 11.8. The predicted octanol–water partition coefficient (Wildman–Crippen LogP) is 1.78. The molecule has 1 aromatic carbocycles. The zero-order valence-corrected chi connectivity index (χ0v) is 10.5. The lowest BCUT2D eigenvalue weighted by Crippen LogP contribution is -2.35. The third-order valence-corrected chi connectivity index (χ3v) is 3.52. The van der Waals surface area contributed by atoms with E-state index in [2.05, 4.69) is 5.32 Å². The van der Waals surface area contributed by atoms with E-state index in [0.717, 1.165) is 24.6 Å². The molecule has 0 aromatic heterocycles. The Balaban J connectivity index is 1.83. The van der Waals surface area contributed by atoms with Crippen molar-refractivity contribution in [3.63, 3.8) is 0 Å². The summed E-state index contributed by atoms with van der Waals surface area (Å²) in [6, 6.07) is 3.27. The normalized spacial score (nSPS) is 22.5. The smallest absolute Gasteiger partial charge is 0.225 e. The summed E-state index contributed by atoms with van der Waals surface area (Å²) in [5.41, 5.74) is 0.243. The Labute approximate surface area is 110 Å². The van der Waals surface area contributed by atoms with Gasteiger partial charge < -0.3 is 10.4 Å². The van der Waals surface area contributed by atoms with Crippen LogP contribution in [-0.2, 0) is 11.2 Å². The van der Waals surface area contributed by atoms with Gasteiger partial charge in [-0.25, -0.2) is 8.78 Å². The molecule has 3 nitrogen and oxygen atoms in total. The Bertz CT molecular complexity index is 465. The number of halogens is 2. The molecule has 0 bridgehead atoms. The van der Waals surface area contributed by atoms with E-state index in [4.69, 9.17) is 0 Å². The first-order valence-electron chi connectivity index (χ1n) is 6.47. The van der Waals surface area contributed by atoms with E-state index in [-0.39, 0.29) is 30.4 Å². The van der Waals surface area contributed by atoms with E-state index < -0.39 is 17.7 Å². The summed E-state index contributed by atoms with van der Waals surface area (Å²) >= 11 is 0. The molecule has 2 atom stereocenters. The minimum Gasteiger partial charge on any atom is -0.392 e. The molecule has 104 valence electrons. The molecule has 2 rings (SSSR count). The molecular formula is C14H17F2NO2. The fraction of sp³-hybridized carbons (Fsp3) is 0.500. The molecule has 1 aromatic rings. The number of carbonyl (C=O) groups is 1. The van der Waals surface area contributed by atoms with Crippen molar-refractivity contribution in [3.05, 3.63) is 35.4 Å². The van der Waals surface area contributed by atoms with Gasteiger partial charge in [-0.3, -0.25) is 4.79 Å². The molecule has 0 radical (unpaired) electrons. The summed E-state index contributed by atoms with van der Waals surface area (Å²) in [7, 11) is 0. The van der Waals surface area contributed by atoms with Gasteiger partial charge >= 0.3 is 0 Å². The maximum atomic E-state index is 13.3. The van der Waals surface area contributed by atoms with Crippen LogP contribution in [0.15, 0.2) is 18.2 Å². The molecule has 1 saturated carbocycles. The highest BCUT2D eigenvalue weighted by Crippen LogP contribution is 2.25. The largest absolute Gasteiger partial charge is 0.392 e. The SMILES string of the molecule is O=C(NCCc1cc(F)ccc1F)C1CCCC1O. The lowest BCUT2D eigenvalue weighted by Gasteiger charge is -2.14. The summed E-state index contributed by atoms with van der Waals surface area (Å²) < 4.78 is 26.3. The fourth-order valence-electron chi connectivity index (χ4n) is 2.43. The second kappa shape index (κ2) is 6.10. The van der Waals surface area contributed by atoms with Crippen molar-refractivity contribution >= 4 is 5.91 Å². The molecular weight excluding hydrogens is 252 g/mol. The van der Waals surface area contributed by atoms with Crippen LogP contribution in [0.3, 0.4) is 0 Å². The van der Waals surface area contributed by atoms with Gasteiger partial charge in [0.05, 0.1) is 12.0 Å². The molecule has 0 saturated heterocycles. The number of hydrogen-bond donors (Lipinski definition) is 2. The van der Waals surface area contributed by atoms with Crippen LogP contribution in [0.5, 0.6) is 0 Å². The molecule has 5 heteroatoms. The number of nitrogens with one attached hydrogen (secondary N) is 1. The maximum absolute atomic E-state index is 13.3. The number of amides is 1. The number of benzene rings is 1. The molecule has 1 fully saturated rings. The van der Waals surface area contributed by atoms with Gasteiger partial charge in [-0.2, -0.15) is 0 Å². The zero-order chi connectivity index (χ0) is 13.8. The second-order valence-electron chi connectivity index (χ2n) is 4.88. The van der Waals surface area contributed by atoms with E-state index in [1.54, 1.807) is 0 Å². The van der Waals surface area contributed by atoms with Crippen LogP contribution in [0, 0.1) is 17.6 Å². The molecule has 2 unspecified atom stereocenters. The first-order chi connectivity index (χ1) is 9.08. The van der Waals surface area contributed by atoms with Crippen LogP contribution in [0.25, 0.3) is 0 Å². The summed E-state index contributed by atoms with van der Waals surface area (Å²) in [6.07, 6.45) is 1.83. The topological polar surface area (TPSA) is 49.3 Å². The Morgan fingerprint density at radius 3 is 2.84 bits per heavy atom. The van der Waals surface area contributed by atoms with Gasteiger partial charge in [-0.05, 0) is 49.4 Å². The third kappa shape index (κ3) is 3.50. The van der Waals surface area contributed by atoms with Gasteiger partial charge in [-0.1, -0.05) is 0 Å². The van der Waals surface area contributed by atoms with Crippen LogP contribution in [0.4, 0.5) is 8.78 Å². The van der Waals surface area contributed by atoms with Gasteiger partial charge in [0.1, 0.15) is 11.6 Å². The van der Waals surface area contributed by atoms with Gasteiger partial charge in [-0.15, -0.1) is 0 Å². The monoisotopic (exact) mass is 269 g/mol. The van der Waals surface area contributed by atoms with Gasteiger partial charge in [0.15, 0.2) is 0 Å². The zero-order valence-electron chi connectivity index (χ0n) is 10.5. The molecule has 2 N–H and O–H groups in total. The molecule has 1 aliphatic carbocycles. The van der Waals surface area contributed by atoms with Crippen LogP contribution >= 0.6 is 0 Å². The van der Waals surface area contributed by atoms with E-state index in [1.165, 1.54) is 0 Å². The highest BCUT2D eigenvalue weighted by molar-refractivity contribution is 5.79. The van der Waals surface area contributed by atoms with E-state index in [9.17, 15) is 18.7 Å². The summed E-state index contributed by atoms with van der Waals surface area (Å²) in [5, 5.41) is 12.2. The van der Waals surface area contributed by atoms with Crippen molar-refractivity contribution in [1.82, 2.24) is 5.32 Å². The number of carbonyl (C=O) groups excluding carboxylic acids is 1. The highest BCUT2D eigenvalue weighted by atomic mass is 19.1. The van der Waals surface area contributed by atoms with Crippen molar-refractivity contribution < 1.29 is 18.7 Å². The molecule has 19 heavy (non-hydrogen) atoms. The van der Waals surface area contributed by atoms with Crippen molar-refractivity contribution in [2.24, 2.45) is 5.92 Å². The van der Waals surface area contributed by atoms with Crippen molar-refractivity contribution in [2.45, 2.75) is 31.8 Å². The van der Waals surface area contributed by atoms with Gasteiger partial charge in [0.2, 0.25) is 5.91 Å². The fourth-order valence-corrected chi connectivity index (χ4v) is 2.43. The summed E-state index contributed by atoms with van der Waals surface area (Å²) in [5.74, 6) is -1.54. The Morgan fingerprint density at radius 2 is 2.16 bits per heavy atom. The van der Waals surface area contributed by atoms with E-state index in [0.29, 0.717) is 12.8 Å². The van der Waals surface area contributed by atoms with Crippen LogP contribution in [-0.4, -0.2) is 23.7 Å². The van der Waals surface area contributed by atoms with E-state index in [1.807, 2.05) is 0 Å². The van der Waals surface area contributed by atoms with Crippen LogP contribution in [0.2, 0.25) is 0 Å². The van der Waals surface area contributed by atoms with Gasteiger partial charge in [0.25, 0.3) is 0 Å². The van der Waals surface area contributed by atoms with E-state index >= 15 is 0 Å². The quantitative estimate of drug-likeness (QED) is 0.875. The minimum absolute atomic E-state index is 0.207. The average Bonchev–Trinajstić information content (AvgIpc) is 2.80. The molecule has 0 spiro atoms. The first-order valence-corrected chi connectivity index (χ1v) is 6.47. The highest BCUT2D eigenvalue weighted by Gasteiger charge is 2.30. The number of hydrogen-bond acceptors (Lipinski definition) is 2. The Morgan fingerprint density at radius 1 is 1.37 bits per heavy atom. The number of rotatable bonds is 4. The van der Waals surface area contributed by atoms with Crippen LogP contribution < -0.4 is 5.32 Å². The third-order valence-electron chi connectivity index (χ3n) is 3.52. The van der Waals surface area contributed by atoms with Crippen molar-refractivity contribution in [3.8, 4) is 0 Å². The summed E-state index contributed by atoms with van der Waals surface area (Å²) in [6.45, 7) is 0.239. The molecule has 1 aliphatic rings. The van der Waals surface area contributed by atoms with Crippen molar-refractivity contribution in [2.75, 3.05) is 6.54 Å².